The molecule has 1 heterocycles. The van der Waals surface area contributed by atoms with Crippen LogP contribution in [0.4, 0.5) is 0 Å². The van der Waals surface area contributed by atoms with Gasteiger partial charge >= 0.3 is 26.8 Å². The Kier molecular flexibility index (Phi) is 38.3. The minimum absolute atomic E-state index is 0.169. The highest BCUT2D eigenvalue weighted by atomic mass is 32.3. The van der Waals surface area contributed by atoms with E-state index in [1.165, 1.54) is 154 Å². The van der Waals surface area contributed by atoms with Crippen LogP contribution < -0.4 is 5.32 Å². The number of esters is 1. The van der Waals surface area contributed by atoms with Gasteiger partial charge < -0.3 is 29.7 Å². The molecule has 1 aliphatic rings. The van der Waals surface area contributed by atoms with Crippen LogP contribution in [-0.4, -0.2) is 104 Å². The molecule has 0 bridgehead atoms. The second kappa shape index (κ2) is 41.8. The molecule has 1 aromatic carbocycles. The van der Waals surface area contributed by atoms with Crippen molar-refractivity contribution >= 4 is 32.7 Å². The Morgan fingerprint density at radius 3 is 1.40 bits per heavy atom. The maximum atomic E-state index is 13.7. The number of nitrogens with one attached hydrogen (secondary N) is 1. The number of carbonyl (C=O) groups excluding carboxylic acids is 2. The lowest BCUT2D eigenvalue weighted by atomic mass is 9.99. The Balaban J connectivity index is 2.01. The van der Waals surface area contributed by atoms with Crippen LogP contribution in [0.2, 0.25) is 0 Å². The van der Waals surface area contributed by atoms with Crippen molar-refractivity contribution in [3.63, 3.8) is 0 Å². The normalized spacial score (nSPS) is 19.2. The summed E-state index contributed by atoms with van der Waals surface area (Å²) in [4.78, 5) is 27.3. The predicted octanol–water partition coefficient (Wildman–Crippen LogP) is 12.3. The summed E-state index contributed by atoms with van der Waals surface area (Å²) in [7, 11) is -10.3. The monoisotopic (exact) mass is 1080 g/mol. The molecule has 0 aliphatic carbocycles. The molecule has 0 spiro atoms. The van der Waals surface area contributed by atoms with E-state index >= 15 is 0 Å². The van der Waals surface area contributed by atoms with E-state index in [0.29, 0.717) is 19.3 Å². The maximum Gasteiger partial charge on any atom is 0.397 e. The summed E-state index contributed by atoms with van der Waals surface area (Å²) in [5.41, 5.74) is 0.277. The van der Waals surface area contributed by atoms with E-state index in [2.05, 4.69) is 27.5 Å². The molecule has 0 aromatic heterocycles. The highest BCUT2D eigenvalue weighted by Crippen LogP contribution is 2.28. The molecule has 1 fully saturated rings. The summed E-state index contributed by atoms with van der Waals surface area (Å²) < 4.78 is 91.9. The number of aliphatic hydroxyl groups is 2. The summed E-state index contributed by atoms with van der Waals surface area (Å²) >= 11 is 0. The van der Waals surface area contributed by atoms with Gasteiger partial charge in [0.2, 0.25) is 5.91 Å². The molecule has 1 aliphatic heterocycles. The lowest BCUT2D eigenvalue weighted by molar-refractivity contribution is -0.296. The molecular weight excluding hydrogens is 979 g/mol. The first-order valence-electron chi connectivity index (χ1n) is 28.6. The zero-order valence-corrected chi connectivity index (χ0v) is 46.5. The summed E-state index contributed by atoms with van der Waals surface area (Å²) in [6.45, 7) is 2.95. The van der Waals surface area contributed by atoms with Crippen LogP contribution in [0, 0.1) is 0 Å². The smallest absolute Gasteiger partial charge is 0.397 e. The molecule has 0 radical (unpaired) electrons. The lowest BCUT2D eigenvalue weighted by Gasteiger charge is -2.41. The number of hydrogen-bond acceptors (Lipinski definition) is 13. The number of rotatable bonds is 48. The Labute approximate surface area is 441 Å². The Hall–Kier alpha value is -2.26. The fraction of sp³-hybridized carbons (Fsp3) is 0.855. The largest absolute Gasteiger partial charge is 0.456 e. The molecule has 1 amide bonds. The van der Waals surface area contributed by atoms with E-state index in [1.54, 1.807) is 30.3 Å². The average Bonchev–Trinajstić information content (AvgIpc) is 3.35. The third-order valence-corrected chi connectivity index (χ3v) is 14.8. The molecule has 0 saturated carbocycles. The van der Waals surface area contributed by atoms with Gasteiger partial charge in [-0.15, -0.1) is 0 Å². The van der Waals surface area contributed by atoms with Crippen LogP contribution >= 0.6 is 0 Å². The van der Waals surface area contributed by atoms with Crippen LogP contribution in [-0.2, 0) is 48.2 Å². The van der Waals surface area contributed by atoms with Gasteiger partial charge in [0.1, 0.15) is 24.4 Å². The summed E-state index contributed by atoms with van der Waals surface area (Å²) in [5, 5.41) is 24.5. The number of ether oxygens (including phenoxy) is 3. The number of unbranched alkanes of at least 4 members (excludes halogenated alkanes) is 32. The molecule has 73 heavy (non-hydrogen) atoms. The summed E-state index contributed by atoms with van der Waals surface area (Å²) in [6, 6.07) is 7.29. The third kappa shape index (κ3) is 34.9. The van der Waals surface area contributed by atoms with Crippen molar-refractivity contribution in [2.75, 3.05) is 13.2 Å². The van der Waals surface area contributed by atoms with Crippen molar-refractivity contribution in [2.45, 2.75) is 288 Å². The van der Waals surface area contributed by atoms with E-state index in [0.717, 1.165) is 51.4 Å². The van der Waals surface area contributed by atoms with Crippen molar-refractivity contribution in [3.8, 4) is 0 Å². The molecule has 18 heteroatoms. The number of carbonyl (C=O) groups is 2. The fourth-order valence-corrected chi connectivity index (χ4v) is 10.3. The second-order valence-electron chi connectivity index (χ2n) is 20.4. The van der Waals surface area contributed by atoms with Gasteiger partial charge in [-0.2, -0.15) is 16.8 Å². The van der Waals surface area contributed by atoms with Crippen molar-refractivity contribution in [3.05, 3.63) is 35.9 Å². The first-order chi connectivity index (χ1) is 35.1. The zero-order valence-electron chi connectivity index (χ0n) is 44.9. The van der Waals surface area contributed by atoms with Gasteiger partial charge in [0.05, 0.1) is 24.8 Å². The molecular formula is C55H99NO15S2. The van der Waals surface area contributed by atoms with E-state index in [9.17, 15) is 41.2 Å². The molecule has 1 saturated heterocycles. The van der Waals surface area contributed by atoms with E-state index in [1.807, 2.05) is 0 Å². The van der Waals surface area contributed by atoms with Crippen LogP contribution in [0.5, 0.6) is 0 Å². The van der Waals surface area contributed by atoms with Gasteiger partial charge in [-0.3, -0.25) is 13.9 Å². The minimum atomic E-state index is -5.29. The fourth-order valence-electron chi connectivity index (χ4n) is 9.50. The van der Waals surface area contributed by atoms with E-state index in [-0.39, 0.29) is 17.9 Å². The summed E-state index contributed by atoms with van der Waals surface area (Å²) in [5.74, 6) is -0.992. The molecule has 1 aromatic rings. The van der Waals surface area contributed by atoms with Crippen molar-refractivity contribution in [2.24, 2.45) is 0 Å². The first-order valence-corrected chi connectivity index (χ1v) is 31.3. The molecule has 5 N–H and O–H groups in total. The second-order valence-corrected chi connectivity index (χ2v) is 22.5. The number of amides is 1. The van der Waals surface area contributed by atoms with Crippen molar-refractivity contribution < 1.29 is 68.3 Å². The average molecular weight is 1080 g/mol. The van der Waals surface area contributed by atoms with Gasteiger partial charge in [0.25, 0.3) is 0 Å². The first kappa shape index (κ1) is 66.9. The Morgan fingerprint density at radius 2 is 0.986 bits per heavy atom. The van der Waals surface area contributed by atoms with Gasteiger partial charge in [0.15, 0.2) is 12.4 Å². The molecule has 2 rings (SSSR count). The van der Waals surface area contributed by atoms with E-state index < -0.39 is 82.8 Å². The minimum Gasteiger partial charge on any atom is -0.456 e. The molecule has 16 nitrogen and oxygen atoms in total. The molecule has 7 atom stereocenters. The van der Waals surface area contributed by atoms with Gasteiger partial charge in [0, 0.05) is 6.42 Å². The third-order valence-electron chi connectivity index (χ3n) is 13.9. The van der Waals surface area contributed by atoms with Crippen LogP contribution in [0.1, 0.15) is 255 Å². The number of aliphatic hydroxyl groups excluding tert-OH is 2. The SMILES string of the molecule is CCCCCCCCCCCCCCCCCCCCCCCC(=O)N[C@@H](CO[C@@H]1O[C@H](COS(=O)(=O)O)[C@H](O)[C@H](O)[C@H]1OS(=O)(=O)O)[C@@H](CCCCCCCCCCCCCCC)OC(=O)c1ccccc1. The highest BCUT2D eigenvalue weighted by molar-refractivity contribution is 7.81. The van der Waals surface area contributed by atoms with Gasteiger partial charge in [-0.1, -0.05) is 238 Å². The van der Waals surface area contributed by atoms with Gasteiger partial charge in [-0.05, 0) is 31.4 Å². The molecule has 0 unspecified atom stereocenters. The topological polar surface area (TPSA) is 242 Å². The maximum absolute atomic E-state index is 13.7. The predicted molar refractivity (Wildman–Crippen MR) is 286 cm³/mol. The van der Waals surface area contributed by atoms with E-state index in [4.69, 9.17) is 18.8 Å². The van der Waals surface area contributed by atoms with Crippen LogP contribution in [0.15, 0.2) is 30.3 Å². The molecule has 426 valence electrons. The quantitative estimate of drug-likeness (QED) is 0.0232. The zero-order chi connectivity index (χ0) is 53.4. The Bertz CT molecular complexity index is 1740. The standard InChI is InChI=1S/C55H99NO15S2/c1-3-5-7-9-11-13-15-17-18-19-20-21-22-23-24-26-28-30-32-34-39-43-50(57)56-47(44-67-55-53(71-73(64,65)66)52(59)51(58)49(70-55)45-68-72(61,62)63)48(69-54(60)46-40-36-35-37-41-46)42-38-33-31-29-27-25-16-14-12-10-8-6-4-2/h35-37,40-41,47-49,51-53,55,58-59H,3-34,38-39,42-45H2,1-2H3,(H,56,57)(H,61,62,63)(H,64,65,66)/t47-,48+,49+,51-,52-,53+,55+/m0/s1. The number of benzene rings is 1. The van der Waals surface area contributed by atoms with Crippen molar-refractivity contribution in [1.82, 2.24) is 5.32 Å². The van der Waals surface area contributed by atoms with Crippen LogP contribution in [0.3, 0.4) is 0 Å². The van der Waals surface area contributed by atoms with Crippen molar-refractivity contribution in [1.29, 1.82) is 0 Å². The highest BCUT2D eigenvalue weighted by Gasteiger charge is 2.49. The van der Waals surface area contributed by atoms with Crippen LogP contribution in [0.25, 0.3) is 0 Å². The number of hydrogen-bond donors (Lipinski definition) is 5. The summed E-state index contributed by atoms with van der Waals surface area (Å²) in [6.07, 6.45) is 30.3. The van der Waals surface area contributed by atoms with Gasteiger partial charge in [-0.25, -0.2) is 13.2 Å². The lowest BCUT2D eigenvalue weighted by Crippen LogP contribution is -2.61. The Morgan fingerprint density at radius 1 is 0.575 bits per heavy atom.